The maximum Gasteiger partial charge on any atom is 0.425 e. The first-order chi connectivity index (χ1) is 15.4. The summed E-state index contributed by atoms with van der Waals surface area (Å²) in [6.45, 7) is 17.0. The highest BCUT2D eigenvalue weighted by molar-refractivity contribution is 8.00. The summed E-state index contributed by atoms with van der Waals surface area (Å²) in [5, 5.41) is 0.138. The number of pyridine rings is 1. The van der Waals surface area contributed by atoms with Gasteiger partial charge in [0.2, 0.25) is 0 Å². The summed E-state index contributed by atoms with van der Waals surface area (Å²) < 4.78 is 16.3. The average molecular weight is 496 g/mol. The number of nitrogens with zero attached hydrogens (tertiary/aromatic N) is 3. The van der Waals surface area contributed by atoms with Gasteiger partial charge in [-0.2, -0.15) is 4.90 Å². The summed E-state index contributed by atoms with van der Waals surface area (Å²) in [6, 6.07) is 3.45. The van der Waals surface area contributed by atoms with Gasteiger partial charge in [0.25, 0.3) is 0 Å². The molecule has 34 heavy (non-hydrogen) atoms. The second-order valence-corrected chi connectivity index (χ2v) is 12.5. The van der Waals surface area contributed by atoms with E-state index in [1.54, 1.807) is 70.3 Å². The first kappa shape index (κ1) is 27.8. The van der Waals surface area contributed by atoms with E-state index in [0.29, 0.717) is 13.1 Å². The Morgan fingerprint density at radius 1 is 0.941 bits per heavy atom. The molecule has 10 heteroatoms. The third-order valence-electron chi connectivity index (χ3n) is 4.20. The van der Waals surface area contributed by atoms with Gasteiger partial charge < -0.3 is 19.1 Å². The lowest BCUT2D eigenvalue weighted by molar-refractivity contribution is 0.0294. The molecule has 0 saturated carbocycles. The van der Waals surface area contributed by atoms with E-state index in [4.69, 9.17) is 14.2 Å². The second kappa shape index (κ2) is 10.4. The summed E-state index contributed by atoms with van der Waals surface area (Å²) in [7, 11) is 0. The number of carbonyl (C=O) groups is 3. The number of hydrogen-bond donors (Lipinski definition) is 0. The number of likely N-dealkylation sites (tertiary alicyclic amines) is 1. The normalized spacial score (nSPS) is 16.7. The number of hydrogen-bond acceptors (Lipinski definition) is 8. The standard InChI is InChI=1S/C24H37N3O6S/c1-22(2,3)31-19(28)26-13-11-17(15-26)34-16-10-12-25-18(14-16)27(20(29)32-23(4,5)6)21(30)33-24(7,8)9/h10,12,14,17H,11,13,15H2,1-9H3. The molecule has 0 aromatic carbocycles. The molecule has 1 unspecified atom stereocenters. The molecule has 2 heterocycles. The van der Waals surface area contributed by atoms with Crippen molar-refractivity contribution in [2.45, 2.75) is 95.7 Å². The fraction of sp³-hybridized carbons (Fsp3) is 0.667. The van der Waals surface area contributed by atoms with Crippen LogP contribution < -0.4 is 4.90 Å². The molecule has 2 rings (SSSR count). The maximum absolute atomic E-state index is 12.9. The summed E-state index contributed by atoms with van der Waals surface area (Å²) in [6.07, 6.45) is 0.262. The zero-order valence-electron chi connectivity index (χ0n) is 21.6. The fourth-order valence-electron chi connectivity index (χ4n) is 2.98. The predicted molar refractivity (Wildman–Crippen MR) is 131 cm³/mol. The van der Waals surface area contributed by atoms with Gasteiger partial charge in [0.1, 0.15) is 22.6 Å². The Balaban J connectivity index is 2.18. The third kappa shape index (κ3) is 9.04. The SMILES string of the molecule is CC(C)(C)OC(=O)N1CCC(Sc2ccnc(N(C(=O)OC(C)(C)C)C(=O)OC(C)(C)C)c2)C1. The van der Waals surface area contributed by atoms with Gasteiger partial charge in [-0.3, -0.25) is 0 Å². The number of rotatable bonds is 3. The molecule has 3 amide bonds. The van der Waals surface area contributed by atoms with E-state index in [-0.39, 0.29) is 17.2 Å². The molecular weight excluding hydrogens is 458 g/mol. The minimum absolute atomic E-state index is 0.107. The van der Waals surface area contributed by atoms with Crippen molar-refractivity contribution in [3.63, 3.8) is 0 Å². The van der Waals surface area contributed by atoms with Gasteiger partial charge in [0.15, 0.2) is 0 Å². The van der Waals surface area contributed by atoms with Gasteiger partial charge >= 0.3 is 18.3 Å². The molecule has 1 fully saturated rings. The lowest BCUT2D eigenvalue weighted by atomic mass is 10.2. The van der Waals surface area contributed by atoms with E-state index in [0.717, 1.165) is 16.2 Å². The van der Waals surface area contributed by atoms with Crippen molar-refractivity contribution in [2.24, 2.45) is 0 Å². The quantitative estimate of drug-likeness (QED) is 0.481. The number of anilines is 1. The molecule has 0 N–H and O–H groups in total. The van der Waals surface area contributed by atoms with Gasteiger partial charge in [0, 0.05) is 29.4 Å². The minimum Gasteiger partial charge on any atom is -0.444 e. The van der Waals surface area contributed by atoms with Crippen LogP contribution in [-0.4, -0.2) is 63.3 Å². The fourth-order valence-corrected chi connectivity index (χ4v) is 4.16. The van der Waals surface area contributed by atoms with Crippen molar-refractivity contribution in [3.05, 3.63) is 18.3 Å². The first-order valence-corrected chi connectivity index (χ1v) is 12.2. The molecule has 1 atom stereocenters. The minimum atomic E-state index is -0.867. The van der Waals surface area contributed by atoms with E-state index in [1.807, 2.05) is 20.8 Å². The van der Waals surface area contributed by atoms with Crippen LogP contribution in [0.3, 0.4) is 0 Å². The van der Waals surface area contributed by atoms with Crippen LogP contribution in [0.25, 0.3) is 0 Å². The molecule has 1 aliphatic rings. The topological polar surface area (TPSA) is 98.3 Å². The van der Waals surface area contributed by atoms with Crippen LogP contribution in [0.5, 0.6) is 0 Å². The Morgan fingerprint density at radius 3 is 1.97 bits per heavy atom. The van der Waals surface area contributed by atoms with Crippen LogP contribution in [0.2, 0.25) is 0 Å². The van der Waals surface area contributed by atoms with Crippen LogP contribution in [0, 0.1) is 0 Å². The molecule has 1 saturated heterocycles. The number of thioether (sulfide) groups is 1. The predicted octanol–water partition coefficient (Wildman–Crippen LogP) is 5.86. The Labute approximate surface area is 206 Å². The van der Waals surface area contributed by atoms with E-state index in [9.17, 15) is 14.4 Å². The smallest absolute Gasteiger partial charge is 0.425 e. The molecular formula is C24H37N3O6S. The van der Waals surface area contributed by atoms with Crippen LogP contribution >= 0.6 is 11.8 Å². The van der Waals surface area contributed by atoms with Gasteiger partial charge in [0.05, 0.1) is 0 Å². The van der Waals surface area contributed by atoms with Crippen molar-refractivity contribution in [1.29, 1.82) is 0 Å². The Kier molecular flexibility index (Phi) is 8.50. The van der Waals surface area contributed by atoms with Gasteiger partial charge in [-0.15, -0.1) is 11.8 Å². The Bertz CT molecular complexity index is 873. The molecule has 9 nitrogen and oxygen atoms in total. The second-order valence-electron chi connectivity index (χ2n) is 11.1. The molecule has 1 aromatic rings. The summed E-state index contributed by atoms with van der Waals surface area (Å²) in [5.41, 5.74) is -2.16. The Morgan fingerprint density at radius 2 is 1.47 bits per heavy atom. The van der Waals surface area contributed by atoms with Gasteiger partial charge in [-0.05, 0) is 80.9 Å². The molecule has 0 aliphatic carbocycles. The maximum atomic E-state index is 12.9. The molecule has 190 valence electrons. The van der Waals surface area contributed by atoms with Crippen molar-refractivity contribution < 1.29 is 28.6 Å². The van der Waals surface area contributed by atoms with Crippen LogP contribution in [0.1, 0.15) is 68.7 Å². The summed E-state index contributed by atoms with van der Waals surface area (Å²) in [5.74, 6) is 0.107. The highest BCUT2D eigenvalue weighted by atomic mass is 32.2. The molecule has 0 spiro atoms. The number of aromatic nitrogens is 1. The molecule has 0 bridgehead atoms. The lowest BCUT2D eigenvalue weighted by Crippen LogP contribution is -2.44. The van der Waals surface area contributed by atoms with Crippen molar-refractivity contribution >= 4 is 35.9 Å². The highest BCUT2D eigenvalue weighted by Crippen LogP contribution is 2.32. The molecule has 1 aliphatic heterocycles. The average Bonchev–Trinajstić information content (AvgIpc) is 3.06. The van der Waals surface area contributed by atoms with E-state index in [1.165, 1.54) is 6.20 Å². The van der Waals surface area contributed by atoms with E-state index < -0.39 is 29.0 Å². The molecule has 0 radical (unpaired) electrons. The van der Waals surface area contributed by atoms with Gasteiger partial charge in [-0.25, -0.2) is 19.4 Å². The van der Waals surface area contributed by atoms with Crippen LogP contribution in [0.4, 0.5) is 20.2 Å². The Hall–Kier alpha value is -2.49. The molecule has 1 aromatic heterocycles. The largest absolute Gasteiger partial charge is 0.444 e. The number of carbonyl (C=O) groups excluding carboxylic acids is 3. The zero-order chi connectivity index (χ0) is 25.9. The van der Waals surface area contributed by atoms with Crippen molar-refractivity contribution in [3.8, 4) is 0 Å². The number of amides is 3. The summed E-state index contributed by atoms with van der Waals surface area (Å²) >= 11 is 1.55. The summed E-state index contributed by atoms with van der Waals surface area (Å²) in [4.78, 5) is 45.6. The van der Waals surface area contributed by atoms with Crippen molar-refractivity contribution in [2.75, 3.05) is 18.0 Å². The monoisotopic (exact) mass is 495 g/mol. The highest BCUT2D eigenvalue weighted by Gasteiger charge is 2.34. The zero-order valence-corrected chi connectivity index (χ0v) is 22.4. The first-order valence-electron chi connectivity index (χ1n) is 11.3. The van der Waals surface area contributed by atoms with Crippen LogP contribution in [-0.2, 0) is 14.2 Å². The third-order valence-corrected chi connectivity index (χ3v) is 5.44. The van der Waals surface area contributed by atoms with Gasteiger partial charge in [-0.1, -0.05) is 0 Å². The lowest BCUT2D eigenvalue weighted by Gasteiger charge is -2.28. The van der Waals surface area contributed by atoms with E-state index in [2.05, 4.69) is 4.98 Å². The van der Waals surface area contributed by atoms with Crippen LogP contribution in [0.15, 0.2) is 23.2 Å². The number of imide groups is 1. The van der Waals surface area contributed by atoms with Crippen molar-refractivity contribution in [1.82, 2.24) is 9.88 Å². The van der Waals surface area contributed by atoms with E-state index >= 15 is 0 Å². The number of ether oxygens (including phenoxy) is 3.